The molecule has 60 valence electrons. The van der Waals surface area contributed by atoms with E-state index in [0.29, 0.717) is 6.61 Å². The van der Waals surface area contributed by atoms with Gasteiger partial charge in [-0.05, 0) is 6.92 Å². The van der Waals surface area contributed by atoms with Gasteiger partial charge in [-0.2, -0.15) is 0 Å². The zero-order chi connectivity index (χ0) is 6.69. The molecule has 1 heterocycles. The minimum Gasteiger partial charge on any atom is -0.378 e. The Labute approximate surface area is 66.5 Å². The number of Topliss-reactive ketones (excluding diaryl/α,β-unsaturated/α-hetero) is 1. The van der Waals surface area contributed by atoms with Crippen molar-refractivity contribution in [3.8, 4) is 0 Å². The normalized spacial score (nSPS) is 25.1. The summed E-state index contributed by atoms with van der Waals surface area (Å²) in [7, 11) is 0. The number of ketones is 1. The van der Waals surface area contributed by atoms with Crippen LogP contribution in [0.2, 0.25) is 0 Å². The van der Waals surface area contributed by atoms with Gasteiger partial charge in [0.1, 0.15) is 5.78 Å². The number of rotatable bonds is 1. The van der Waals surface area contributed by atoms with Gasteiger partial charge in [-0.1, -0.05) is 0 Å². The monoisotopic (exact) mass is 165 g/mol. The molecule has 0 aliphatic carbocycles. The largest absolute Gasteiger partial charge is 0.378 e. The maximum atomic E-state index is 10.7. The third-order valence-electron chi connectivity index (χ3n) is 1.41. The first-order valence-electron chi connectivity index (χ1n) is 3.12. The minimum atomic E-state index is -0.0567. The van der Waals surface area contributed by atoms with Crippen molar-refractivity contribution in [2.24, 2.45) is 0 Å². The summed E-state index contributed by atoms with van der Waals surface area (Å²) in [6.45, 7) is 3.63. The SMILES string of the molecule is CC(=O)C1COCCN1.Cl. The molecule has 1 aliphatic heterocycles. The van der Waals surface area contributed by atoms with Crippen LogP contribution in [0.3, 0.4) is 0 Å². The van der Waals surface area contributed by atoms with Crippen molar-refractivity contribution >= 4 is 18.2 Å². The average Bonchev–Trinajstić information content (AvgIpc) is 1.90. The first-order valence-corrected chi connectivity index (χ1v) is 3.12. The molecule has 1 saturated heterocycles. The van der Waals surface area contributed by atoms with E-state index >= 15 is 0 Å². The number of halogens is 1. The van der Waals surface area contributed by atoms with Gasteiger partial charge < -0.3 is 10.1 Å². The number of carbonyl (C=O) groups excluding carboxylic acids is 1. The second-order valence-corrected chi connectivity index (χ2v) is 2.19. The zero-order valence-corrected chi connectivity index (χ0v) is 6.74. The summed E-state index contributed by atoms with van der Waals surface area (Å²) in [6, 6.07) is -0.0567. The molecule has 1 fully saturated rings. The highest BCUT2D eigenvalue weighted by atomic mass is 35.5. The van der Waals surface area contributed by atoms with Crippen LogP contribution in [0.15, 0.2) is 0 Å². The van der Waals surface area contributed by atoms with Crippen LogP contribution in [0, 0.1) is 0 Å². The number of morpholine rings is 1. The summed E-state index contributed by atoms with van der Waals surface area (Å²) in [5.74, 6) is 0.162. The molecule has 0 aromatic heterocycles. The van der Waals surface area contributed by atoms with Crippen LogP contribution in [0.5, 0.6) is 0 Å². The molecule has 4 heteroatoms. The predicted octanol–water partition coefficient (Wildman–Crippen LogP) is -0.0144. The molecule has 0 bridgehead atoms. The second kappa shape index (κ2) is 4.66. The summed E-state index contributed by atoms with van der Waals surface area (Å²) in [5.41, 5.74) is 0. The van der Waals surface area contributed by atoms with Gasteiger partial charge in [0, 0.05) is 6.54 Å². The van der Waals surface area contributed by atoms with E-state index in [1.54, 1.807) is 6.92 Å². The van der Waals surface area contributed by atoms with Gasteiger partial charge in [0.2, 0.25) is 0 Å². The molecule has 0 spiro atoms. The molecule has 3 nitrogen and oxygen atoms in total. The fourth-order valence-electron chi connectivity index (χ4n) is 0.827. The van der Waals surface area contributed by atoms with Crippen molar-refractivity contribution in [2.45, 2.75) is 13.0 Å². The lowest BCUT2D eigenvalue weighted by Crippen LogP contribution is -2.45. The predicted molar refractivity (Wildman–Crippen MR) is 40.5 cm³/mol. The van der Waals surface area contributed by atoms with Gasteiger partial charge >= 0.3 is 0 Å². The van der Waals surface area contributed by atoms with E-state index in [-0.39, 0.29) is 24.2 Å². The van der Waals surface area contributed by atoms with Crippen molar-refractivity contribution < 1.29 is 9.53 Å². The van der Waals surface area contributed by atoms with E-state index < -0.39 is 0 Å². The van der Waals surface area contributed by atoms with E-state index in [0.717, 1.165) is 13.2 Å². The molecule has 0 amide bonds. The van der Waals surface area contributed by atoms with Crippen molar-refractivity contribution in [1.29, 1.82) is 0 Å². The lowest BCUT2D eigenvalue weighted by molar-refractivity contribution is -0.121. The van der Waals surface area contributed by atoms with Gasteiger partial charge in [0.25, 0.3) is 0 Å². The first kappa shape index (κ1) is 9.88. The third kappa shape index (κ3) is 2.64. The number of carbonyl (C=O) groups is 1. The zero-order valence-electron chi connectivity index (χ0n) is 5.92. The van der Waals surface area contributed by atoms with Gasteiger partial charge in [-0.25, -0.2) is 0 Å². The Morgan fingerprint density at radius 2 is 2.40 bits per heavy atom. The van der Waals surface area contributed by atoms with E-state index in [9.17, 15) is 4.79 Å². The van der Waals surface area contributed by atoms with Crippen LogP contribution in [0.1, 0.15) is 6.92 Å². The Hall–Kier alpha value is -0.120. The minimum absolute atomic E-state index is 0. The molecule has 1 rings (SSSR count). The molecule has 10 heavy (non-hydrogen) atoms. The topological polar surface area (TPSA) is 38.3 Å². The summed E-state index contributed by atoms with van der Waals surface area (Å²) in [4.78, 5) is 10.7. The van der Waals surface area contributed by atoms with Crippen molar-refractivity contribution in [3.05, 3.63) is 0 Å². The number of hydrogen-bond acceptors (Lipinski definition) is 3. The first-order chi connectivity index (χ1) is 4.30. The van der Waals surface area contributed by atoms with Crippen LogP contribution in [0.4, 0.5) is 0 Å². The molecular weight excluding hydrogens is 154 g/mol. The lowest BCUT2D eigenvalue weighted by Gasteiger charge is -2.20. The van der Waals surface area contributed by atoms with Crippen LogP contribution in [-0.2, 0) is 9.53 Å². The smallest absolute Gasteiger partial charge is 0.149 e. The van der Waals surface area contributed by atoms with E-state index in [1.165, 1.54) is 0 Å². The maximum absolute atomic E-state index is 10.7. The van der Waals surface area contributed by atoms with Crippen LogP contribution >= 0.6 is 12.4 Å². The van der Waals surface area contributed by atoms with E-state index in [2.05, 4.69) is 5.32 Å². The lowest BCUT2D eigenvalue weighted by atomic mass is 10.2. The van der Waals surface area contributed by atoms with Crippen molar-refractivity contribution in [2.75, 3.05) is 19.8 Å². The average molecular weight is 166 g/mol. The summed E-state index contributed by atoms with van der Waals surface area (Å²) in [6.07, 6.45) is 0. The highest BCUT2D eigenvalue weighted by molar-refractivity contribution is 5.85. The fourth-order valence-corrected chi connectivity index (χ4v) is 0.827. The van der Waals surface area contributed by atoms with Gasteiger partial charge in [-0.3, -0.25) is 4.79 Å². The summed E-state index contributed by atoms with van der Waals surface area (Å²) in [5, 5.41) is 3.04. The van der Waals surface area contributed by atoms with E-state index in [1.807, 2.05) is 0 Å². The van der Waals surface area contributed by atoms with Crippen molar-refractivity contribution in [1.82, 2.24) is 5.32 Å². The number of hydrogen-bond donors (Lipinski definition) is 1. The third-order valence-corrected chi connectivity index (χ3v) is 1.41. The Kier molecular flexibility index (Phi) is 4.60. The fraction of sp³-hybridized carbons (Fsp3) is 0.833. The molecule has 0 radical (unpaired) electrons. The quantitative estimate of drug-likeness (QED) is 0.594. The Morgan fingerprint density at radius 1 is 1.70 bits per heavy atom. The van der Waals surface area contributed by atoms with Gasteiger partial charge in [-0.15, -0.1) is 12.4 Å². The molecule has 0 saturated carbocycles. The molecule has 0 aromatic rings. The number of ether oxygens (including phenoxy) is 1. The standard InChI is InChI=1S/C6H11NO2.ClH/c1-5(8)6-4-9-3-2-7-6;/h6-7H,2-4H2,1H3;1H. The molecule has 1 unspecified atom stereocenters. The number of nitrogens with one attached hydrogen (secondary N) is 1. The van der Waals surface area contributed by atoms with Gasteiger partial charge in [0.15, 0.2) is 0 Å². The van der Waals surface area contributed by atoms with Crippen LogP contribution in [0.25, 0.3) is 0 Å². The highest BCUT2D eigenvalue weighted by Crippen LogP contribution is 1.92. The molecule has 0 aromatic carbocycles. The van der Waals surface area contributed by atoms with Gasteiger partial charge in [0.05, 0.1) is 19.3 Å². The van der Waals surface area contributed by atoms with Crippen molar-refractivity contribution in [3.63, 3.8) is 0 Å². The summed E-state index contributed by atoms with van der Waals surface area (Å²) < 4.78 is 5.06. The summed E-state index contributed by atoms with van der Waals surface area (Å²) >= 11 is 0. The molecular formula is C6H12ClNO2. The van der Waals surface area contributed by atoms with E-state index in [4.69, 9.17) is 4.74 Å². The molecule has 1 atom stereocenters. The molecule has 1 aliphatic rings. The van der Waals surface area contributed by atoms with Crippen LogP contribution < -0.4 is 5.32 Å². The second-order valence-electron chi connectivity index (χ2n) is 2.19. The Morgan fingerprint density at radius 3 is 2.70 bits per heavy atom. The Bertz CT molecular complexity index is 112. The highest BCUT2D eigenvalue weighted by Gasteiger charge is 2.16. The maximum Gasteiger partial charge on any atom is 0.149 e. The molecule has 1 N–H and O–H groups in total. The van der Waals surface area contributed by atoms with Crippen LogP contribution in [-0.4, -0.2) is 31.6 Å². The Balaban J connectivity index is 0.000000810.